The Bertz CT molecular complexity index is 209. The summed E-state index contributed by atoms with van der Waals surface area (Å²) in [7, 11) is 0. The summed E-state index contributed by atoms with van der Waals surface area (Å²) in [6, 6.07) is 5.70. The Morgan fingerprint density at radius 2 is 1.21 bits per heavy atom. The Balaban J connectivity index is 0.000000146. The summed E-state index contributed by atoms with van der Waals surface area (Å²) in [6.45, 7) is 2.50. The van der Waals surface area contributed by atoms with Crippen molar-refractivity contribution in [1.29, 1.82) is 0 Å². The molecule has 0 bridgehead atoms. The van der Waals surface area contributed by atoms with Crippen LogP contribution in [-0.2, 0) is 0 Å². The summed E-state index contributed by atoms with van der Waals surface area (Å²) < 4.78 is 0. The zero-order valence-corrected chi connectivity index (χ0v) is 8.24. The van der Waals surface area contributed by atoms with Gasteiger partial charge in [0.25, 0.3) is 0 Å². The van der Waals surface area contributed by atoms with Crippen LogP contribution in [0.3, 0.4) is 0 Å². The average molecular weight is 195 g/mol. The molecule has 2 rings (SSSR count). The van der Waals surface area contributed by atoms with Crippen molar-refractivity contribution in [3.05, 3.63) is 24.3 Å². The van der Waals surface area contributed by atoms with E-state index in [2.05, 4.69) is 5.32 Å². The lowest BCUT2D eigenvalue weighted by Crippen LogP contribution is -2.21. The molecule has 1 aliphatic heterocycles. The summed E-state index contributed by atoms with van der Waals surface area (Å²) in [4.78, 5) is 0. The number of hydrogen-bond donors (Lipinski definition) is 3. The maximum absolute atomic E-state index is 8.65. The van der Waals surface area contributed by atoms with Gasteiger partial charge in [-0.15, -0.1) is 0 Å². The van der Waals surface area contributed by atoms with Gasteiger partial charge in [-0.1, -0.05) is 6.42 Å². The van der Waals surface area contributed by atoms with Crippen molar-refractivity contribution >= 4 is 0 Å². The van der Waals surface area contributed by atoms with Gasteiger partial charge in [-0.2, -0.15) is 0 Å². The van der Waals surface area contributed by atoms with E-state index in [-0.39, 0.29) is 11.5 Å². The van der Waals surface area contributed by atoms with E-state index >= 15 is 0 Å². The van der Waals surface area contributed by atoms with Gasteiger partial charge in [0.15, 0.2) is 0 Å². The molecule has 1 aromatic rings. The first-order valence-electron chi connectivity index (χ1n) is 4.98. The van der Waals surface area contributed by atoms with Crippen molar-refractivity contribution in [3.63, 3.8) is 0 Å². The first-order chi connectivity index (χ1) is 6.79. The molecule has 1 saturated heterocycles. The highest BCUT2D eigenvalue weighted by atomic mass is 16.3. The quantitative estimate of drug-likeness (QED) is 0.554. The van der Waals surface area contributed by atoms with E-state index in [0.717, 1.165) is 0 Å². The lowest BCUT2D eigenvalue weighted by Gasteiger charge is -2.08. The largest absolute Gasteiger partial charge is 0.508 e. The fourth-order valence-corrected chi connectivity index (χ4v) is 1.25. The SMILES string of the molecule is C1CCNCC1.Oc1ccc(O)cc1. The van der Waals surface area contributed by atoms with Crippen molar-refractivity contribution in [2.24, 2.45) is 0 Å². The summed E-state index contributed by atoms with van der Waals surface area (Å²) in [5, 5.41) is 20.6. The first-order valence-corrected chi connectivity index (χ1v) is 4.98. The lowest BCUT2D eigenvalue weighted by molar-refractivity contribution is 0.460. The molecular formula is C11H17NO2. The minimum Gasteiger partial charge on any atom is -0.508 e. The highest BCUT2D eigenvalue weighted by Gasteiger charge is 1.93. The molecule has 1 heterocycles. The predicted molar refractivity (Wildman–Crippen MR) is 56.5 cm³/mol. The maximum atomic E-state index is 8.65. The number of piperidine rings is 1. The Morgan fingerprint density at radius 1 is 0.786 bits per heavy atom. The molecule has 3 nitrogen and oxygen atoms in total. The molecule has 0 amide bonds. The van der Waals surface area contributed by atoms with Crippen molar-refractivity contribution in [2.75, 3.05) is 13.1 Å². The van der Waals surface area contributed by atoms with Crippen LogP contribution >= 0.6 is 0 Å². The van der Waals surface area contributed by atoms with E-state index in [1.54, 1.807) is 0 Å². The summed E-state index contributed by atoms with van der Waals surface area (Å²) in [5.41, 5.74) is 0. The second kappa shape index (κ2) is 6.27. The number of nitrogens with one attached hydrogen (secondary N) is 1. The Hall–Kier alpha value is -1.22. The van der Waals surface area contributed by atoms with Crippen LogP contribution in [0.4, 0.5) is 0 Å². The minimum atomic E-state index is 0.169. The van der Waals surface area contributed by atoms with Crippen LogP contribution in [0.15, 0.2) is 24.3 Å². The van der Waals surface area contributed by atoms with Crippen LogP contribution in [-0.4, -0.2) is 23.3 Å². The third-order valence-electron chi connectivity index (χ3n) is 2.06. The number of hydrogen-bond acceptors (Lipinski definition) is 3. The Kier molecular flexibility index (Phi) is 4.86. The van der Waals surface area contributed by atoms with Crippen LogP contribution < -0.4 is 5.32 Å². The predicted octanol–water partition coefficient (Wildman–Crippen LogP) is 1.86. The molecule has 0 aliphatic carbocycles. The van der Waals surface area contributed by atoms with E-state index in [1.807, 2.05) is 0 Å². The van der Waals surface area contributed by atoms with Crippen LogP contribution in [0.2, 0.25) is 0 Å². The summed E-state index contributed by atoms with van der Waals surface area (Å²) in [6.07, 6.45) is 4.22. The molecule has 0 atom stereocenters. The molecule has 78 valence electrons. The number of phenols is 2. The van der Waals surface area contributed by atoms with E-state index in [0.29, 0.717) is 0 Å². The van der Waals surface area contributed by atoms with Gasteiger partial charge in [0.2, 0.25) is 0 Å². The van der Waals surface area contributed by atoms with Crippen molar-refractivity contribution in [2.45, 2.75) is 19.3 Å². The fourth-order valence-electron chi connectivity index (χ4n) is 1.25. The number of aromatic hydroxyl groups is 2. The van der Waals surface area contributed by atoms with Gasteiger partial charge >= 0.3 is 0 Å². The van der Waals surface area contributed by atoms with Crippen molar-refractivity contribution < 1.29 is 10.2 Å². The van der Waals surface area contributed by atoms with E-state index in [4.69, 9.17) is 10.2 Å². The van der Waals surface area contributed by atoms with Gasteiger partial charge in [-0.3, -0.25) is 0 Å². The zero-order valence-electron chi connectivity index (χ0n) is 8.24. The summed E-state index contributed by atoms with van der Waals surface area (Å²) in [5.74, 6) is 0.339. The van der Waals surface area contributed by atoms with Gasteiger partial charge in [-0.05, 0) is 50.2 Å². The van der Waals surface area contributed by atoms with Crippen molar-refractivity contribution in [3.8, 4) is 11.5 Å². The third-order valence-corrected chi connectivity index (χ3v) is 2.06. The van der Waals surface area contributed by atoms with E-state index in [9.17, 15) is 0 Å². The van der Waals surface area contributed by atoms with Crippen LogP contribution in [0, 0.1) is 0 Å². The van der Waals surface area contributed by atoms with Gasteiger partial charge < -0.3 is 15.5 Å². The molecule has 1 aromatic carbocycles. The molecule has 0 spiro atoms. The molecule has 0 radical (unpaired) electrons. The van der Waals surface area contributed by atoms with Crippen LogP contribution in [0.1, 0.15) is 19.3 Å². The minimum absolute atomic E-state index is 0.169. The van der Waals surface area contributed by atoms with Crippen LogP contribution in [0.5, 0.6) is 11.5 Å². The highest BCUT2D eigenvalue weighted by Crippen LogP contribution is 2.13. The molecule has 1 fully saturated rings. The lowest BCUT2D eigenvalue weighted by atomic mass is 10.2. The zero-order chi connectivity index (χ0) is 10.2. The Labute approximate surface area is 84.4 Å². The second-order valence-corrected chi connectivity index (χ2v) is 3.33. The molecule has 3 heteroatoms. The average Bonchev–Trinajstić information content (AvgIpc) is 2.26. The monoisotopic (exact) mass is 195 g/mol. The van der Waals surface area contributed by atoms with E-state index < -0.39 is 0 Å². The molecule has 0 aromatic heterocycles. The van der Waals surface area contributed by atoms with Gasteiger partial charge in [0.1, 0.15) is 11.5 Å². The first kappa shape index (κ1) is 10.9. The number of phenolic OH excluding ortho intramolecular Hbond substituents is 2. The highest BCUT2D eigenvalue weighted by molar-refractivity contribution is 5.28. The molecule has 14 heavy (non-hydrogen) atoms. The van der Waals surface area contributed by atoms with Gasteiger partial charge in [0.05, 0.1) is 0 Å². The third kappa shape index (κ3) is 4.72. The van der Waals surface area contributed by atoms with Gasteiger partial charge in [-0.25, -0.2) is 0 Å². The normalized spacial score (nSPS) is 15.4. The fraction of sp³-hybridized carbons (Fsp3) is 0.455. The number of benzene rings is 1. The van der Waals surface area contributed by atoms with Crippen LogP contribution in [0.25, 0.3) is 0 Å². The number of rotatable bonds is 0. The molecule has 1 aliphatic rings. The van der Waals surface area contributed by atoms with Crippen molar-refractivity contribution in [1.82, 2.24) is 5.32 Å². The molecule has 3 N–H and O–H groups in total. The summed E-state index contributed by atoms with van der Waals surface area (Å²) >= 11 is 0. The van der Waals surface area contributed by atoms with E-state index in [1.165, 1.54) is 56.6 Å². The molecular weight excluding hydrogens is 178 g/mol. The second-order valence-electron chi connectivity index (χ2n) is 3.33. The Morgan fingerprint density at radius 3 is 1.43 bits per heavy atom. The smallest absolute Gasteiger partial charge is 0.115 e. The molecule has 0 saturated carbocycles. The topological polar surface area (TPSA) is 52.5 Å². The maximum Gasteiger partial charge on any atom is 0.115 e. The molecule has 0 unspecified atom stereocenters. The standard InChI is InChI=1S/C6H6O2.C5H11N/c7-5-1-2-6(8)4-3-5;1-2-4-6-5-3-1/h1-4,7-8H;6H,1-5H2. The van der Waals surface area contributed by atoms with Gasteiger partial charge in [0, 0.05) is 0 Å².